The van der Waals surface area contributed by atoms with Gasteiger partial charge in [-0.25, -0.2) is 14.8 Å². The van der Waals surface area contributed by atoms with Crippen LogP contribution in [0.15, 0.2) is 36.9 Å². The first-order chi connectivity index (χ1) is 12.7. The molecule has 0 fully saturated rings. The number of carbonyl (C=O) groups excluding carboxylic acids is 1. The van der Waals surface area contributed by atoms with Crippen LogP contribution < -0.4 is 10.6 Å². The molecule has 4 aromatic rings. The number of aryl methyl sites for hydroxylation is 1. The summed E-state index contributed by atoms with van der Waals surface area (Å²) in [5, 5.41) is 19.9. The summed E-state index contributed by atoms with van der Waals surface area (Å²) in [6, 6.07) is 5.19. The summed E-state index contributed by atoms with van der Waals surface area (Å²) in [7, 11) is 0. The maximum atomic E-state index is 12.0. The highest BCUT2D eigenvalue weighted by atomic mass is 16.2. The zero-order valence-electron chi connectivity index (χ0n) is 13.8. The van der Waals surface area contributed by atoms with Gasteiger partial charge >= 0.3 is 6.03 Å². The molecule has 0 aliphatic heterocycles. The van der Waals surface area contributed by atoms with E-state index >= 15 is 0 Å². The number of amides is 2. The minimum Gasteiger partial charge on any atom is -0.331 e. The van der Waals surface area contributed by atoms with Gasteiger partial charge in [-0.3, -0.25) is 20.5 Å². The van der Waals surface area contributed by atoms with Crippen molar-refractivity contribution in [3.05, 3.63) is 48.4 Å². The summed E-state index contributed by atoms with van der Waals surface area (Å²) in [4.78, 5) is 24.4. The van der Waals surface area contributed by atoms with Crippen LogP contribution in [-0.4, -0.2) is 41.4 Å². The molecule has 0 aliphatic rings. The molecule has 0 saturated carbocycles. The predicted octanol–water partition coefficient (Wildman–Crippen LogP) is 1.77. The number of hydrogen-bond donors (Lipinski definition) is 4. The standard InChI is InChI=1S/C16H15N9O/c1-9-4-10(2-3-17-9)15-11-6-18-13(5-12(11)23-25-15)22-16(26)19-7-14-20-8-21-24-14/h2-6,8H,7H2,1H3,(H,23,25)(H,20,21,24)(H2,18,19,22,26). The van der Waals surface area contributed by atoms with E-state index in [2.05, 4.69) is 46.0 Å². The summed E-state index contributed by atoms with van der Waals surface area (Å²) in [5.41, 5.74) is 3.43. The number of aromatic nitrogens is 7. The highest BCUT2D eigenvalue weighted by molar-refractivity contribution is 5.95. The molecule has 0 radical (unpaired) electrons. The fourth-order valence-electron chi connectivity index (χ4n) is 2.53. The van der Waals surface area contributed by atoms with Crippen molar-refractivity contribution in [2.75, 3.05) is 5.32 Å². The van der Waals surface area contributed by atoms with E-state index in [9.17, 15) is 4.79 Å². The van der Waals surface area contributed by atoms with Gasteiger partial charge in [-0.1, -0.05) is 0 Å². The number of urea groups is 1. The van der Waals surface area contributed by atoms with Gasteiger partial charge in [-0.15, -0.1) is 0 Å². The number of nitrogens with zero attached hydrogens (tertiary/aromatic N) is 5. The molecule has 0 unspecified atom stereocenters. The number of rotatable bonds is 4. The van der Waals surface area contributed by atoms with Crippen molar-refractivity contribution >= 4 is 22.8 Å². The van der Waals surface area contributed by atoms with Crippen LogP contribution in [0.4, 0.5) is 10.6 Å². The highest BCUT2D eigenvalue weighted by Crippen LogP contribution is 2.26. The van der Waals surface area contributed by atoms with Gasteiger partial charge in [0.2, 0.25) is 0 Å². The van der Waals surface area contributed by atoms with Crippen LogP contribution in [0.1, 0.15) is 11.5 Å². The van der Waals surface area contributed by atoms with Crippen molar-refractivity contribution in [1.82, 2.24) is 40.7 Å². The monoisotopic (exact) mass is 349 g/mol. The summed E-state index contributed by atoms with van der Waals surface area (Å²) < 4.78 is 0. The van der Waals surface area contributed by atoms with E-state index in [1.807, 2.05) is 19.1 Å². The molecule has 0 aromatic carbocycles. The van der Waals surface area contributed by atoms with Crippen LogP contribution in [0.25, 0.3) is 22.2 Å². The van der Waals surface area contributed by atoms with Gasteiger partial charge in [0.15, 0.2) is 0 Å². The Bertz CT molecular complexity index is 1050. The number of H-pyrrole nitrogens is 2. The summed E-state index contributed by atoms with van der Waals surface area (Å²) in [6.07, 6.45) is 4.80. The molecule has 0 aliphatic carbocycles. The zero-order valence-corrected chi connectivity index (χ0v) is 13.8. The lowest BCUT2D eigenvalue weighted by Gasteiger charge is -2.05. The Morgan fingerprint density at radius 3 is 2.92 bits per heavy atom. The predicted molar refractivity (Wildman–Crippen MR) is 94.1 cm³/mol. The van der Waals surface area contributed by atoms with Crippen molar-refractivity contribution < 1.29 is 4.79 Å². The van der Waals surface area contributed by atoms with Crippen LogP contribution in [0.2, 0.25) is 0 Å². The first-order valence-corrected chi connectivity index (χ1v) is 7.85. The normalized spacial score (nSPS) is 10.8. The van der Waals surface area contributed by atoms with Gasteiger partial charge in [0.25, 0.3) is 0 Å². The molecule has 10 nitrogen and oxygen atoms in total. The van der Waals surface area contributed by atoms with E-state index in [0.717, 1.165) is 27.9 Å². The molecule has 4 rings (SSSR count). The Hall–Kier alpha value is -3.82. The van der Waals surface area contributed by atoms with E-state index in [0.29, 0.717) is 11.6 Å². The second-order valence-electron chi connectivity index (χ2n) is 5.61. The maximum Gasteiger partial charge on any atom is 0.320 e. The largest absolute Gasteiger partial charge is 0.331 e. The van der Waals surface area contributed by atoms with Crippen LogP contribution in [0.5, 0.6) is 0 Å². The number of nitrogens with one attached hydrogen (secondary N) is 4. The number of anilines is 1. The summed E-state index contributed by atoms with van der Waals surface area (Å²) in [6.45, 7) is 2.17. The lowest BCUT2D eigenvalue weighted by Crippen LogP contribution is -2.28. The number of pyridine rings is 2. The third-order valence-corrected chi connectivity index (χ3v) is 3.74. The van der Waals surface area contributed by atoms with Crippen molar-refractivity contribution in [3.8, 4) is 11.3 Å². The van der Waals surface area contributed by atoms with Crippen LogP contribution in [0, 0.1) is 6.92 Å². The molecule has 0 atom stereocenters. The van der Waals surface area contributed by atoms with Gasteiger partial charge in [-0.05, 0) is 19.1 Å². The molecule has 0 saturated heterocycles. The van der Waals surface area contributed by atoms with Gasteiger partial charge in [0, 0.05) is 35.1 Å². The Labute approximate surface area is 147 Å². The zero-order chi connectivity index (χ0) is 17.9. The first kappa shape index (κ1) is 15.7. The lowest BCUT2D eigenvalue weighted by molar-refractivity contribution is 0.251. The van der Waals surface area contributed by atoms with E-state index < -0.39 is 6.03 Å². The van der Waals surface area contributed by atoms with Crippen LogP contribution in [-0.2, 0) is 6.54 Å². The van der Waals surface area contributed by atoms with Gasteiger partial charge in [0.05, 0.1) is 12.1 Å². The third-order valence-electron chi connectivity index (χ3n) is 3.74. The molecule has 4 N–H and O–H groups in total. The number of aromatic amines is 2. The van der Waals surface area contributed by atoms with E-state index in [1.54, 1.807) is 18.5 Å². The van der Waals surface area contributed by atoms with Crippen molar-refractivity contribution in [2.24, 2.45) is 0 Å². The number of hydrogen-bond acceptors (Lipinski definition) is 6. The second kappa shape index (κ2) is 6.59. The fraction of sp³-hybridized carbons (Fsp3) is 0.125. The second-order valence-corrected chi connectivity index (χ2v) is 5.61. The molecule has 0 bridgehead atoms. The smallest absolute Gasteiger partial charge is 0.320 e. The fourth-order valence-corrected chi connectivity index (χ4v) is 2.53. The maximum absolute atomic E-state index is 12.0. The molecule has 26 heavy (non-hydrogen) atoms. The average Bonchev–Trinajstić information content (AvgIpc) is 3.29. The quantitative estimate of drug-likeness (QED) is 0.443. The Morgan fingerprint density at radius 1 is 1.19 bits per heavy atom. The Balaban J connectivity index is 1.50. The average molecular weight is 349 g/mol. The molecule has 0 spiro atoms. The number of fused-ring (bicyclic) bond motifs is 1. The van der Waals surface area contributed by atoms with Crippen molar-refractivity contribution in [3.63, 3.8) is 0 Å². The third kappa shape index (κ3) is 3.20. The highest BCUT2D eigenvalue weighted by Gasteiger charge is 2.11. The minimum absolute atomic E-state index is 0.240. The molecular weight excluding hydrogens is 334 g/mol. The van der Waals surface area contributed by atoms with Gasteiger partial charge < -0.3 is 5.32 Å². The first-order valence-electron chi connectivity index (χ1n) is 7.85. The molecular formula is C16H15N9O. The van der Waals surface area contributed by atoms with Gasteiger partial charge in [0.1, 0.15) is 23.7 Å². The molecule has 4 aromatic heterocycles. The number of carbonyl (C=O) groups is 1. The summed E-state index contributed by atoms with van der Waals surface area (Å²) >= 11 is 0. The van der Waals surface area contributed by atoms with E-state index in [1.165, 1.54) is 6.33 Å². The van der Waals surface area contributed by atoms with Crippen LogP contribution in [0.3, 0.4) is 0 Å². The van der Waals surface area contributed by atoms with Crippen LogP contribution >= 0.6 is 0 Å². The van der Waals surface area contributed by atoms with E-state index in [-0.39, 0.29) is 6.54 Å². The van der Waals surface area contributed by atoms with Crippen molar-refractivity contribution in [1.29, 1.82) is 0 Å². The van der Waals surface area contributed by atoms with Gasteiger partial charge in [-0.2, -0.15) is 10.2 Å². The van der Waals surface area contributed by atoms with E-state index in [4.69, 9.17) is 0 Å². The molecule has 4 heterocycles. The molecule has 10 heteroatoms. The van der Waals surface area contributed by atoms with Crippen molar-refractivity contribution in [2.45, 2.75) is 13.5 Å². The Morgan fingerprint density at radius 2 is 2.12 bits per heavy atom. The SMILES string of the molecule is Cc1cc(-c2n[nH]c3cc(NC(=O)NCc4ncn[nH]4)ncc23)ccn1. The minimum atomic E-state index is -0.391. The topological polar surface area (TPSA) is 137 Å². The molecule has 2 amide bonds. The Kier molecular flexibility index (Phi) is 3.98. The summed E-state index contributed by atoms with van der Waals surface area (Å²) in [5.74, 6) is 0.975. The molecule has 130 valence electrons. The lowest BCUT2D eigenvalue weighted by atomic mass is 10.1.